The van der Waals surface area contributed by atoms with Gasteiger partial charge in [0.2, 0.25) is 0 Å². The predicted octanol–water partition coefficient (Wildman–Crippen LogP) is 1.86. The molecule has 0 aliphatic carbocycles. The minimum Gasteiger partial charge on any atom is -0.479 e. The van der Waals surface area contributed by atoms with Gasteiger partial charge in [-0.25, -0.2) is 9.59 Å². The molecule has 0 saturated carbocycles. The van der Waals surface area contributed by atoms with Crippen LogP contribution in [-0.4, -0.2) is 35.1 Å². The molecular formula is C13H18N2O3. The molecule has 2 amide bonds. The van der Waals surface area contributed by atoms with Crippen molar-refractivity contribution in [3.8, 4) is 0 Å². The van der Waals surface area contributed by atoms with Crippen LogP contribution in [-0.2, 0) is 4.79 Å². The summed E-state index contributed by atoms with van der Waals surface area (Å²) < 4.78 is 0. The van der Waals surface area contributed by atoms with Crippen LogP contribution in [0.5, 0.6) is 0 Å². The van der Waals surface area contributed by atoms with Gasteiger partial charge in [-0.1, -0.05) is 30.3 Å². The minimum atomic E-state index is -1.07. The van der Waals surface area contributed by atoms with Crippen LogP contribution in [0, 0.1) is 0 Å². The number of carbonyl (C=O) groups is 2. The third-order valence-corrected chi connectivity index (χ3v) is 2.70. The molecule has 0 saturated heterocycles. The van der Waals surface area contributed by atoms with Gasteiger partial charge in [0.15, 0.2) is 6.04 Å². The number of benzene rings is 1. The number of rotatable bonds is 5. The number of hydrogen-bond acceptors (Lipinski definition) is 2. The standard InChI is InChI=1S/C13H18N2O3/c1-3-15(4-2)13(18)14-11(12(16)17)10-8-6-5-7-9-10/h5-9,11H,3-4H2,1-2H3,(H,14,18)(H,16,17). The van der Waals surface area contributed by atoms with Gasteiger partial charge in [0.1, 0.15) is 0 Å². The van der Waals surface area contributed by atoms with Gasteiger partial charge in [-0.2, -0.15) is 0 Å². The number of carboxylic acids is 1. The Kier molecular flexibility index (Phi) is 5.17. The lowest BCUT2D eigenvalue weighted by Gasteiger charge is -2.22. The Bertz CT molecular complexity index is 402. The Labute approximate surface area is 106 Å². The number of hydrogen-bond donors (Lipinski definition) is 2. The maximum Gasteiger partial charge on any atom is 0.330 e. The fourth-order valence-electron chi connectivity index (χ4n) is 1.66. The number of aliphatic carboxylic acids is 1. The summed E-state index contributed by atoms with van der Waals surface area (Å²) in [5, 5.41) is 11.7. The first-order valence-electron chi connectivity index (χ1n) is 5.93. The van der Waals surface area contributed by atoms with Gasteiger partial charge in [0.05, 0.1) is 0 Å². The highest BCUT2D eigenvalue weighted by Gasteiger charge is 2.23. The molecule has 1 atom stereocenters. The van der Waals surface area contributed by atoms with Gasteiger partial charge in [-0.05, 0) is 19.4 Å². The first kappa shape index (κ1) is 14.0. The van der Waals surface area contributed by atoms with E-state index in [9.17, 15) is 9.59 Å². The van der Waals surface area contributed by atoms with Crippen LogP contribution in [0.1, 0.15) is 25.5 Å². The monoisotopic (exact) mass is 250 g/mol. The van der Waals surface area contributed by atoms with Gasteiger partial charge in [0.25, 0.3) is 0 Å². The van der Waals surface area contributed by atoms with Crippen molar-refractivity contribution in [1.82, 2.24) is 10.2 Å². The number of urea groups is 1. The van der Waals surface area contributed by atoms with Crippen LogP contribution in [0.3, 0.4) is 0 Å². The number of amides is 2. The van der Waals surface area contributed by atoms with Crippen LogP contribution >= 0.6 is 0 Å². The van der Waals surface area contributed by atoms with E-state index in [4.69, 9.17) is 5.11 Å². The molecule has 0 aromatic heterocycles. The van der Waals surface area contributed by atoms with Crippen molar-refractivity contribution in [2.75, 3.05) is 13.1 Å². The van der Waals surface area contributed by atoms with Crippen LogP contribution in [0.25, 0.3) is 0 Å². The predicted molar refractivity (Wildman–Crippen MR) is 68.3 cm³/mol. The molecule has 0 fully saturated rings. The lowest BCUT2D eigenvalue weighted by Crippen LogP contribution is -2.43. The molecule has 0 aliphatic rings. The van der Waals surface area contributed by atoms with Crippen molar-refractivity contribution in [3.05, 3.63) is 35.9 Å². The van der Waals surface area contributed by atoms with E-state index < -0.39 is 12.0 Å². The molecule has 0 aliphatic heterocycles. The Morgan fingerprint density at radius 1 is 1.22 bits per heavy atom. The molecule has 1 aromatic carbocycles. The zero-order valence-electron chi connectivity index (χ0n) is 10.6. The summed E-state index contributed by atoms with van der Waals surface area (Å²) in [5.41, 5.74) is 0.561. The second-order valence-corrected chi connectivity index (χ2v) is 3.80. The zero-order chi connectivity index (χ0) is 13.5. The first-order valence-corrected chi connectivity index (χ1v) is 5.93. The van der Waals surface area contributed by atoms with E-state index in [1.54, 1.807) is 35.2 Å². The molecule has 1 rings (SSSR count). The maximum atomic E-state index is 11.8. The van der Waals surface area contributed by atoms with Crippen molar-refractivity contribution in [1.29, 1.82) is 0 Å². The molecule has 2 N–H and O–H groups in total. The van der Waals surface area contributed by atoms with Crippen molar-refractivity contribution in [3.63, 3.8) is 0 Å². The van der Waals surface area contributed by atoms with Crippen molar-refractivity contribution in [2.45, 2.75) is 19.9 Å². The number of nitrogens with one attached hydrogen (secondary N) is 1. The van der Waals surface area contributed by atoms with Gasteiger partial charge in [-0.3, -0.25) is 0 Å². The molecule has 0 heterocycles. The highest BCUT2D eigenvalue weighted by Crippen LogP contribution is 2.13. The number of carboxylic acid groups (broad SMARTS) is 1. The molecule has 0 bridgehead atoms. The third-order valence-electron chi connectivity index (χ3n) is 2.70. The first-order chi connectivity index (χ1) is 8.60. The Hall–Kier alpha value is -2.04. The maximum absolute atomic E-state index is 11.8. The molecule has 0 spiro atoms. The average Bonchev–Trinajstić information content (AvgIpc) is 2.38. The summed E-state index contributed by atoms with van der Waals surface area (Å²) in [6.45, 7) is 4.79. The van der Waals surface area contributed by atoms with Gasteiger partial charge >= 0.3 is 12.0 Å². The fraction of sp³-hybridized carbons (Fsp3) is 0.385. The summed E-state index contributed by atoms with van der Waals surface area (Å²) in [5.74, 6) is -1.07. The van der Waals surface area contributed by atoms with E-state index in [2.05, 4.69) is 5.32 Å². The second-order valence-electron chi connectivity index (χ2n) is 3.80. The molecule has 18 heavy (non-hydrogen) atoms. The lowest BCUT2D eigenvalue weighted by atomic mass is 10.1. The van der Waals surface area contributed by atoms with E-state index in [1.165, 1.54) is 0 Å². The van der Waals surface area contributed by atoms with Crippen LogP contribution in [0.4, 0.5) is 4.79 Å². The lowest BCUT2D eigenvalue weighted by molar-refractivity contribution is -0.139. The third kappa shape index (κ3) is 3.48. The zero-order valence-corrected chi connectivity index (χ0v) is 10.6. The minimum absolute atomic E-state index is 0.365. The smallest absolute Gasteiger partial charge is 0.330 e. The number of nitrogens with zero attached hydrogens (tertiary/aromatic N) is 1. The summed E-state index contributed by atoms with van der Waals surface area (Å²) in [4.78, 5) is 24.6. The Balaban J connectivity index is 2.82. The summed E-state index contributed by atoms with van der Waals surface area (Å²) in [6, 6.07) is 7.27. The van der Waals surface area contributed by atoms with Crippen LogP contribution in [0.2, 0.25) is 0 Å². The fourth-order valence-corrected chi connectivity index (χ4v) is 1.66. The van der Waals surface area contributed by atoms with E-state index in [0.717, 1.165) is 0 Å². The second kappa shape index (κ2) is 6.64. The van der Waals surface area contributed by atoms with Gasteiger partial charge in [-0.15, -0.1) is 0 Å². The van der Waals surface area contributed by atoms with E-state index >= 15 is 0 Å². The van der Waals surface area contributed by atoms with Gasteiger partial charge in [0, 0.05) is 13.1 Å². The molecule has 0 radical (unpaired) electrons. The van der Waals surface area contributed by atoms with Crippen LogP contribution in [0.15, 0.2) is 30.3 Å². The van der Waals surface area contributed by atoms with Crippen molar-refractivity contribution >= 4 is 12.0 Å². The molecule has 98 valence electrons. The largest absolute Gasteiger partial charge is 0.479 e. The SMILES string of the molecule is CCN(CC)C(=O)NC(C(=O)O)c1ccccc1. The highest BCUT2D eigenvalue weighted by atomic mass is 16.4. The molecular weight excluding hydrogens is 232 g/mol. The molecule has 1 aromatic rings. The quantitative estimate of drug-likeness (QED) is 0.838. The topological polar surface area (TPSA) is 69.6 Å². The van der Waals surface area contributed by atoms with E-state index in [0.29, 0.717) is 18.7 Å². The van der Waals surface area contributed by atoms with Crippen LogP contribution < -0.4 is 5.32 Å². The average molecular weight is 250 g/mol. The van der Waals surface area contributed by atoms with E-state index in [-0.39, 0.29) is 6.03 Å². The molecule has 5 nitrogen and oxygen atoms in total. The summed E-state index contributed by atoms with van der Waals surface area (Å²) in [7, 11) is 0. The number of carbonyl (C=O) groups excluding carboxylic acids is 1. The van der Waals surface area contributed by atoms with Gasteiger partial charge < -0.3 is 15.3 Å². The molecule has 5 heteroatoms. The van der Waals surface area contributed by atoms with Crippen molar-refractivity contribution in [2.24, 2.45) is 0 Å². The summed E-state index contributed by atoms with van der Waals surface area (Å²) >= 11 is 0. The highest BCUT2D eigenvalue weighted by molar-refractivity contribution is 5.83. The normalized spacial score (nSPS) is 11.7. The Morgan fingerprint density at radius 3 is 2.22 bits per heavy atom. The van der Waals surface area contributed by atoms with E-state index in [1.807, 2.05) is 13.8 Å². The summed E-state index contributed by atoms with van der Waals surface area (Å²) in [6.07, 6.45) is 0. The Morgan fingerprint density at radius 2 is 1.78 bits per heavy atom. The molecule has 1 unspecified atom stereocenters. The van der Waals surface area contributed by atoms with Crippen molar-refractivity contribution < 1.29 is 14.7 Å².